The minimum atomic E-state index is -1.06. The first kappa shape index (κ1) is 15.3. The first-order valence-corrected chi connectivity index (χ1v) is 6.41. The zero-order chi connectivity index (χ0) is 15.9. The van der Waals surface area contributed by atoms with Gasteiger partial charge in [-0.2, -0.15) is 5.26 Å². The Morgan fingerprint density at radius 3 is 2.50 bits per heavy atom. The van der Waals surface area contributed by atoms with E-state index in [4.69, 9.17) is 9.84 Å². The van der Waals surface area contributed by atoms with Gasteiger partial charge in [0.1, 0.15) is 11.6 Å². The van der Waals surface area contributed by atoms with Crippen LogP contribution < -0.4 is 4.74 Å². The summed E-state index contributed by atoms with van der Waals surface area (Å²) < 4.78 is 18.7. The Balaban J connectivity index is 2.22. The minimum absolute atomic E-state index is 0.206. The zero-order valence-electron chi connectivity index (χ0n) is 11.5. The second-order valence-corrected chi connectivity index (χ2v) is 4.40. The van der Waals surface area contributed by atoms with E-state index in [1.54, 1.807) is 42.5 Å². The number of rotatable bonds is 5. The van der Waals surface area contributed by atoms with E-state index in [0.717, 1.165) is 0 Å². The number of allylic oxidation sites excluding steroid dienone is 1. The van der Waals surface area contributed by atoms with Crippen LogP contribution in [0.2, 0.25) is 0 Å². The third kappa shape index (κ3) is 3.93. The van der Waals surface area contributed by atoms with Gasteiger partial charge in [-0.15, -0.1) is 0 Å². The van der Waals surface area contributed by atoms with Gasteiger partial charge in [0.15, 0.2) is 6.61 Å². The number of hydrogen-bond donors (Lipinski definition) is 1. The van der Waals surface area contributed by atoms with Crippen LogP contribution in [-0.4, -0.2) is 17.7 Å². The fourth-order valence-electron chi connectivity index (χ4n) is 1.82. The molecule has 4 nitrogen and oxygen atoms in total. The van der Waals surface area contributed by atoms with Gasteiger partial charge >= 0.3 is 5.97 Å². The van der Waals surface area contributed by atoms with E-state index in [2.05, 4.69) is 0 Å². The lowest BCUT2D eigenvalue weighted by atomic mass is 10.0. The normalized spacial score (nSPS) is 10.8. The highest BCUT2D eigenvalue weighted by atomic mass is 19.1. The molecule has 2 aromatic rings. The molecule has 2 aromatic carbocycles. The monoisotopic (exact) mass is 297 g/mol. The number of carboxylic acids is 1. The van der Waals surface area contributed by atoms with Crippen molar-refractivity contribution in [2.24, 2.45) is 0 Å². The summed E-state index contributed by atoms with van der Waals surface area (Å²) in [5.74, 6) is -1.11. The van der Waals surface area contributed by atoms with Crippen molar-refractivity contribution in [2.45, 2.75) is 0 Å². The van der Waals surface area contributed by atoms with E-state index in [1.165, 1.54) is 12.1 Å². The molecule has 0 radical (unpaired) electrons. The maximum absolute atomic E-state index is 13.7. The summed E-state index contributed by atoms with van der Waals surface area (Å²) in [4.78, 5) is 10.4. The number of aliphatic carboxylic acids is 1. The lowest BCUT2D eigenvalue weighted by Crippen LogP contribution is -2.09. The molecule has 0 spiro atoms. The fraction of sp³-hybridized carbons (Fsp3) is 0.0588. The van der Waals surface area contributed by atoms with E-state index in [0.29, 0.717) is 11.3 Å². The Kier molecular flexibility index (Phi) is 4.89. The largest absolute Gasteiger partial charge is 0.482 e. The van der Waals surface area contributed by atoms with Gasteiger partial charge in [0, 0.05) is 5.56 Å². The molecule has 0 atom stereocenters. The lowest BCUT2D eigenvalue weighted by Gasteiger charge is -2.04. The van der Waals surface area contributed by atoms with E-state index in [1.807, 2.05) is 6.07 Å². The number of hydrogen-bond acceptors (Lipinski definition) is 3. The Labute approximate surface area is 126 Å². The maximum atomic E-state index is 13.7. The van der Waals surface area contributed by atoms with Crippen molar-refractivity contribution in [1.82, 2.24) is 0 Å². The lowest BCUT2D eigenvalue weighted by molar-refractivity contribution is -0.139. The third-order valence-electron chi connectivity index (χ3n) is 2.84. The van der Waals surface area contributed by atoms with E-state index in [-0.39, 0.29) is 11.1 Å². The van der Waals surface area contributed by atoms with Crippen molar-refractivity contribution < 1.29 is 19.0 Å². The predicted octanol–water partition coefficient (Wildman–Crippen LogP) is 3.35. The fourth-order valence-corrected chi connectivity index (χ4v) is 1.82. The van der Waals surface area contributed by atoms with Crippen molar-refractivity contribution in [2.75, 3.05) is 6.61 Å². The molecule has 0 amide bonds. The van der Waals surface area contributed by atoms with Crippen molar-refractivity contribution in [1.29, 1.82) is 5.26 Å². The van der Waals surface area contributed by atoms with Gasteiger partial charge in [0.2, 0.25) is 0 Å². The van der Waals surface area contributed by atoms with E-state index >= 15 is 0 Å². The predicted molar refractivity (Wildman–Crippen MR) is 79.5 cm³/mol. The van der Waals surface area contributed by atoms with Gasteiger partial charge in [0.05, 0.1) is 11.6 Å². The van der Waals surface area contributed by atoms with Crippen LogP contribution in [0.4, 0.5) is 4.39 Å². The number of ether oxygens (including phenoxy) is 1. The molecule has 2 rings (SSSR count). The minimum Gasteiger partial charge on any atom is -0.482 e. The van der Waals surface area contributed by atoms with Crippen molar-refractivity contribution in [3.8, 4) is 11.8 Å². The van der Waals surface area contributed by atoms with E-state index in [9.17, 15) is 14.4 Å². The summed E-state index contributed by atoms with van der Waals surface area (Å²) in [5.41, 5.74) is 1.12. The van der Waals surface area contributed by atoms with Crippen LogP contribution in [0.5, 0.6) is 5.75 Å². The van der Waals surface area contributed by atoms with Gasteiger partial charge in [-0.3, -0.25) is 0 Å². The molecule has 0 aromatic heterocycles. The van der Waals surface area contributed by atoms with Crippen LogP contribution >= 0.6 is 0 Å². The van der Waals surface area contributed by atoms with Crippen LogP contribution in [0.15, 0.2) is 48.5 Å². The molecule has 1 N–H and O–H groups in total. The summed E-state index contributed by atoms with van der Waals surface area (Å²) in [6.45, 7) is -0.423. The summed E-state index contributed by atoms with van der Waals surface area (Å²) in [6.07, 6.45) is 1.55. The van der Waals surface area contributed by atoms with Gasteiger partial charge in [0.25, 0.3) is 0 Å². The summed E-state index contributed by atoms with van der Waals surface area (Å²) in [6, 6.07) is 14.5. The van der Waals surface area contributed by atoms with Crippen LogP contribution in [-0.2, 0) is 4.79 Å². The molecule has 0 unspecified atom stereocenters. The molecular weight excluding hydrogens is 285 g/mol. The number of benzene rings is 2. The Morgan fingerprint density at radius 1 is 1.23 bits per heavy atom. The molecule has 110 valence electrons. The molecule has 0 aliphatic rings. The SMILES string of the molecule is N#CC(=Cc1ccc(OCC(=O)O)cc1)c1ccccc1F. The van der Waals surface area contributed by atoms with Gasteiger partial charge in [-0.25, -0.2) is 9.18 Å². The first-order chi connectivity index (χ1) is 10.6. The van der Waals surface area contributed by atoms with Crippen LogP contribution in [0.1, 0.15) is 11.1 Å². The molecular formula is C17H12FNO3. The average Bonchev–Trinajstić information content (AvgIpc) is 2.52. The Bertz CT molecular complexity index is 745. The smallest absolute Gasteiger partial charge is 0.341 e. The number of carbonyl (C=O) groups is 1. The van der Waals surface area contributed by atoms with Crippen LogP contribution in [0, 0.1) is 17.1 Å². The zero-order valence-corrected chi connectivity index (χ0v) is 11.5. The number of carboxylic acid groups (broad SMARTS) is 1. The molecule has 0 saturated carbocycles. The van der Waals surface area contributed by atoms with Gasteiger partial charge in [-0.1, -0.05) is 30.3 Å². The standard InChI is InChI=1S/C17H12FNO3/c18-16-4-2-1-3-15(16)13(10-19)9-12-5-7-14(8-6-12)22-11-17(20)21/h1-9H,11H2,(H,20,21). The summed E-state index contributed by atoms with van der Waals surface area (Å²) >= 11 is 0. The number of halogens is 1. The molecule has 0 fully saturated rings. The second-order valence-electron chi connectivity index (χ2n) is 4.40. The summed E-state index contributed by atoms with van der Waals surface area (Å²) in [7, 11) is 0. The molecule has 0 aliphatic heterocycles. The molecule has 0 bridgehead atoms. The molecule has 0 heterocycles. The molecule has 5 heteroatoms. The number of nitrogens with zero attached hydrogens (tertiary/aromatic N) is 1. The first-order valence-electron chi connectivity index (χ1n) is 6.41. The second kappa shape index (κ2) is 7.04. The van der Waals surface area contributed by atoms with Crippen LogP contribution in [0.25, 0.3) is 11.6 Å². The summed E-state index contributed by atoms with van der Waals surface area (Å²) in [5, 5.41) is 17.7. The van der Waals surface area contributed by atoms with E-state index < -0.39 is 18.4 Å². The van der Waals surface area contributed by atoms with Gasteiger partial charge in [-0.05, 0) is 29.8 Å². The molecule has 22 heavy (non-hydrogen) atoms. The highest BCUT2D eigenvalue weighted by molar-refractivity contribution is 5.89. The quantitative estimate of drug-likeness (QED) is 0.678. The maximum Gasteiger partial charge on any atom is 0.341 e. The number of nitriles is 1. The van der Waals surface area contributed by atoms with Crippen molar-refractivity contribution >= 4 is 17.6 Å². The highest BCUT2D eigenvalue weighted by Gasteiger charge is 2.07. The highest BCUT2D eigenvalue weighted by Crippen LogP contribution is 2.21. The van der Waals surface area contributed by atoms with Crippen LogP contribution in [0.3, 0.4) is 0 Å². The van der Waals surface area contributed by atoms with Crippen molar-refractivity contribution in [3.63, 3.8) is 0 Å². The van der Waals surface area contributed by atoms with Crippen molar-refractivity contribution in [3.05, 3.63) is 65.5 Å². The molecule has 0 aliphatic carbocycles. The Morgan fingerprint density at radius 2 is 1.91 bits per heavy atom. The Hall–Kier alpha value is -3.13. The topological polar surface area (TPSA) is 70.3 Å². The van der Waals surface area contributed by atoms with Gasteiger partial charge < -0.3 is 9.84 Å². The average molecular weight is 297 g/mol. The molecule has 0 saturated heterocycles. The third-order valence-corrected chi connectivity index (χ3v) is 2.84.